The first-order valence-corrected chi connectivity index (χ1v) is 5.15. The van der Waals surface area contributed by atoms with E-state index in [9.17, 15) is 4.79 Å². The highest BCUT2D eigenvalue weighted by Crippen LogP contribution is 2.12. The molecule has 0 aliphatic carbocycles. The Morgan fingerprint density at radius 1 is 1.62 bits per heavy atom. The molecule has 0 aromatic heterocycles. The van der Waals surface area contributed by atoms with Gasteiger partial charge in [-0.25, -0.2) is 0 Å². The summed E-state index contributed by atoms with van der Waals surface area (Å²) in [4.78, 5) is 11.4. The van der Waals surface area contributed by atoms with Crippen molar-refractivity contribution in [3.8, 4) is 0 Å². The van der Waals surface area contributed by atoms with Gasteiger partial charge in [0.1, 0.15) is 5.78 Å². The van der Waals surface area contributed by atoms with E-state index >= 15 is 0 Å². The third-order valence-corrected chi connectivity index (χ3v) is 2.44. The number of Topliss-reactive ketones (excluding diaryl/α,β-unsaturated/α-hetero) is 1. The SMILES string of the molecule is CCOCCCC1CNCCC1=O. The van der Waals surface area contributed by atoms with Crippen LogP contribution in [0.4, 0.5) is 0 Å². The molecule has 1 heterocycles. The quantitative estimate of drug-likeness (QED) is 0.649. The maximum atomic E-state index is 11.4. The van der Waals surface area contributed by atoms with Crippen molar-refractivity contribution in [1.82, 2.24) is 5.32 Å². The number of nitrogens with one attached hydrogen (secondary N) is 1. The fourth-order valence-electron chi connectivity index (χ4n) is 1.65. The first kappa shape index (κ1) is 10.7. The first-order chi connectivity index (χ1) is 6.34. The number of carbonyl (C=O) groups excluding carboxylic acids is 1. The predicted octanol–water partition coefficient (Wildman–Crippen LogP) is 0.982. The zero-order chi connectivity index (χ0) is 9.52. The molecule has 1 N–H and O–H groups in total. The minimum atomic E-state index is 0.245. The summed E-state index contributed by atoms with van der Waals surface area (Å²) in [6.07, 6.45) is 2.69. The molecule has 13 heavy (non-hydrogen) atoms. The van der Waals surface area contributed by atoms with Gasteiger partial charge in [0, 0.05) is 38.6 Å². The second-order valence-corrected chi connectivity index (χ2v) is 3.46. The van der Waals surface area contributed by atoms with Crippen molar-refractivity contribution in [2.24, 2.45) is 5.92 Å². The molecular weight excluding hydrogens is 166 g/mol. The van der Waals surface area contributed by atoms with Gasteiger partial charge in [0.25, 0.3) is 0 Å². The number of piperidine rings is 1. The van der Waals surface area contributed by atoms with Crippen LogP contribution in [0.25, 0.3) is 0 Å². The topological polar surface area (TPSA) is 38.3 Å². The summed E-state index contributed by atoms with van der Waals surface area (Å²) >= 11 is 0. The Bertz CT molecular complexity index is 159. The Hall–Kier alpha value is -0.410. The molecule has 1 unspecified atom stereocenters. The van der Waals surface area contributed by atoms with Gasteiger partial charge in [-0.1, -0.05) is 0 Å². The van der Waals surface area contributed by atoms with E-state index in [1.165, 1.54) is 0 Å². The summed E-state index contributed by atoms with van der Waals surface area (Å²) in [6.45, 7) is 5.29. The second kappa shape index (κ2) is 6.11. The largest absolute Gasteiger partial charge is 0.382 e. The summed E-state index contributed by atoms with van der Waals surface area (Å²) < 4.78 is 5.23. The van der Waals surface area contributed by atoms with Crippen LogP contribution in [0.2, 0.25) is 0 Å². The number of hydrogen-bond acceptors (Lipinski definition) is 3. The van der Waals surface area contributed by atoms with Crippen molar-refractivity contribution in [2.75, 3.05) is 26.3 Å². The van der Waals surface area contributed by atoms with Crippen molar-refractivity contribution < 1.29 is 9.53 Å². The van der Waals surface area contributed by atoms with Crippen molar-refractivity contribution in [3.63, 3.8) is 0 Å². The van der Waals surface area contributed by atoms with Crippen LogP contribution < -0.4 is 5.32 Å². The Kier molecular flexibility index (Phi) is 5.01. The molecule has 1 aliphatic rings. The maximum Gasteiger partial charge on any atom is 0.138 e. The van der Waals surface area contributed by atoms with Crippen molar-refractivity contribution in [1.29, 1.82) is 0 Å². The molecule has 0 saturated carbocycles. The van der Waals surface area contributed by atoms with Gasteiger partial charge in [-0.3, -0.25) is 4.79 Å². The predicted molar refractivity (Wildman–Crippen MR) is 51.7 cm³/mol. The monoisotopic (exact) mass is 185 g/mol. The van der Waals surface area contributed by atoms with Gasteiger partial charge in [-0.2, -0.15) is 0 Å². The van der Waals surface area contributed by atoms with Crippen molar-refractivity contribution in [2.45, 2.75) is 26.2 Å². The van der Waals surface area contributed by atoms with Gasteiger partial charge in [0.05, 0.1) is 0 Å². The Labute approximate surface area is 79.8 Å². The van der Waals surface area contributed by atoms with Crippen LogP contribution in [0, 0.1) is 5.92 Å². The smallest absolute Gasteiger partial charge is 0.138 e. The molecule has 1 fully saturated rings. The van der Waals surface area contributed by atoms with E-state index in [1.807, 2.05) is 6.92 Å². The van der Waals surface area contributed by atoms with Gasteiger partial charge >= 0.3 is 0 Å². The van der Waals surface area contributed by atoms with E-state index in [1.54, 1.807) is 0 Å². The zero-order valence-corrected chi connectivity index (χ0v) is 8.34. The Balaban J connectivity index is 2.08. The lowest BCUT2D eigenvalue weighted by Crippen LogP contribution is -2.36. The van der Waals surface area contributed by atoms with Gasteiger partial charge in [0.2, 0.25) is 0 Å². The van der Waals surface area contributed by atoms with Crippen LogP contribution in [-0.2, 0) is 9.53 Å². The molecule has 76 valence electrons. The lowest BCUT2D eigenvalue weighted by molar-refractivity contribution is -0.124. The molecule has 0 amide bonds. The number of ketones is 1. The average molecular weight is 185 g/mol. The molecule has 1 saturated heterocycles. The standard InChI is InChI=1S/C10H19NO2/c1-2-13-7-3-4-9-8-11-6-5-10(9)12/h9,11H,2-8H2,1H3. The fraction of sp³-hybridized carbons (Fsp3) is 0.900. The van der Waals surface area contributed by atoms with E-state index in [2.05, 4.69) is 5.32 Å². The molecule has 0 aromatic carbocycles. The van der Waals surface area contributed by atoms with Crippen LogP contribution in [0.1, 0.15) is 26.2 Å². The van der Waals surface area contributed by atoms with Crippen LogP contribution in [-0.4, -0.2) is 32.1 Å². The highest BCUT2D eigenvalue weighted by molar-refractivity contribution is 5.82. The third-order valence-electron chi connectivity index (χ3n) is 2.44. The number of ether oxygens (including phenoxy) is 1. The zero-order valence-electron chi connectivity index (χ0n) is 8.34. The van der Waals surface area contributed by atoms with E-state index in [0.29, 0.717) is 12.2 Å². The molecule has 0 spiro atoms. The summed E-state index contributed by atoms with van der Waals surface area (Å²) in [5.74, 6) is 0.671. The van der Waals surface area contributed by atoms with Gasteiger partial charge < -0.3 is 10.1 Å². The first-order valence-electron chi connectivity index (χ1n) is 5.15. The number of hydrogen-bond donors (Lipinski definition) is 1. The van der Waals surface area contributed by atoms with Crippen LogP contribution >= 0.6 is 0 Å². The molecule has 1 rings (SSSR count). The molecule has 0 bridgehead atoms. The summed E-state index contributed by atoms with van der Waals surface area (Å²) in [6, 6.07) is 0. The van der Waals surface area contributed by atoms with Crippen LogP contribution in [0.5, 0.6) is 0 Å². The van der Waals surface area contributed by atoms with E-state index in [-0.39, 0.29) is 5.92 Å². The van der Waals surface area contributed by atoms with Crippen LogP contribution in [0.15, 0.2) is 0 Å². The highest BCUT2D eigenvalue weighted by atomic mass is 16.5. The molecule has 0 radical (unpaired) electrons. The lowest BCUT2D eigenvalue weighted by Gasteiger charge is -2.21. The summed E-state index contributed by atoms with van der Waals surface area (Å²) in [5.41, 5.74) is 0. The average Bonchev–Trinajstić information content (AvgIpc) is 2.15. The fourth-order valence-corrected chi connectivity index (χ4v) is 1.65. The normalized spacial score (nSPS) is 23.5. The number of rotatable bonds is 5. The second-order valence-electron chi connectivity index (χ2n) is 3.46. The summed E-state index contributed by atoms with van der Waals surface area (Å²) in [5, 5.41) is 3.24. The van der Waals surface area contributed by atoms with Crippen LogP contribution in [0.3, 0.4) is 0 Å². The molecule has 3 nitrogen and oxygen atoms in total. The Morgan fingerprint density at radius 3 is 3.15 bits per heavy atom. The Morgan fingerprint density at radius 2 is 2.46 bits per heavy atom. The molecule has 1 atom stereocenters. The molecular formula is C10H19NO2. The lowest BCUT2D eigenvalue weighted by atomic mass is 9.93. The van der Waals surface area contributed by atoms with E-state index in [0.717, 1.165) is 39.1 Å². The van der Waals surface area contributed by atoms with E-state index in [4.69, 9.17) is 4.74 Å². The van der Waals surface area contributed by atoms with Crippen molar-refractivity contribution >= 4 is 5.78 Å². The minimum absolute atomic E-state index is 0.245. The molecule has 1 aliphatic heterocycles. The third kappa shape index (κ3) is 3.87. The summed E-state index contributed by atoms with van der Waals surface area (Å²) in [7, 11) is 0. The highest BCUT2D eigenvalue weighted by Gasteiger charge is 2.20. The minimum Gasteiger partial charge on any atom is -0.382 e. The maximum absolute atomic E-state index is 11.4. The number of carbonyl (C=O) groups is 1. The van der Waals surface area contributed by atoms with Gasteiger partial charge in [0.15, 0.2) is 0 Å². The molecule has 0 aromatic rings. The van der Waals surface area contributed by atoms with E-state index < -0.39 is 0 Å². The molecule has 3 heteroatoms. The van der Waals surface area contributed by atoms with Crippen molar-refractivity contribution in [3.05, 3.63) is 0 Å². The van der Waals surface area contributed by atoms with Gasteiger partial charge in [-0.05, 0) is 19.8 Å². The van der Waals surface area contributed by atoms with Gasteiger partial charge in [-0.15, -0.1) is 0 Å².